The van der Waals surface area contributed by atoms with Crippen LogP contribution in [0.4, 0.5) is 0 Å². The van der Waals surface area contributed by atoms with E-state index in [1.54, 1.807) is 0 Å². The van der Waals surface area contributed by atoms with Gasteiger partial charge in [0.15, 0.2) is 12.3 Å². The van der Waals surface area contributed by atoms with Crippen LogP contribution in [-0.4, -0.2) is 32.9 Å². The second kappa shape index (κ2) is 7.53. The number of carbonyl (C=O) groups excluding carboxylic acids is 2. The summed E-state index contributed by atoms with van der Waals surface area (Å²) in [5, 5.41) is 0. The van der Waals surface area contributed by atoms with Gasteiger partial charge in [0, 0.05) is 35.0 Å². The number of hydrogen-bond acceptors (Lipinski definition) is 5. The van der Waals surface area contributed by atoms with E-state index in [2.05, 4.69) is 28.2 Å². The number of benzene rings is 1. The molecule has 1 aromatic carbocycles. The monoisotopic (exact) mass is 363 g/mol. The molecule has 2 heterocycles. The van der Waals surface area contributed by atoms with E-state index < -0.39 is 5.97 Å². The van der Waals surface area contributed by atoms with Gasteiger partial charge in [-0.2, -0.15) is 0 Å². The molecule has 0 saturated heterocycles. The van der Waals surface area contributed by atoms with E-state index in [9.17, 15) is 9.59 Å². The van der Waals surface area contributed by atoms with Crippen LogP contribution in [0.3, 0.4) is 0 Å². The third-order valence-corrected chi connectivity index (χ3v) is 4.30. The minimum atomic E-state index is -0.667. The van der Waals surface area contributed by atoms with Crippen molar-refractivity contribution in [2.75, 3.05) is 6.61 Å². The minimum Gasteiger partial charge on any atom is -0.453 e. The molecule has 27 heavy (non-hydrogen) atoms. The molecule has 0 aliphatic heterocycles. The summed E-state index contributed by atoms with van der Waals surface area (Å²) in [6, 6.07) is 8.09. The zero-order valence-electron chi connectivity index (χ0n) is 15.8. The van der Waals surface area contributed by atoms with Crippen LogP contribution in [0.2, 0.25) is 0 Å². The van der Waals surface area contributed by atoms with Gasteiger partial charge in [0.25, 0.3) is 0 Å². The Bertz CT molecular complexity index is 987. The summed E-state index contributed by atoms with van der Waals surface area (Å²) in [5.41, 5.74) is 5.70. The molecule has 6 nitrogen and oxygen atoms in total. The van der Waals surface area contributed by atoms with Crippen LogP contribution in [0.5, 0.6) is 0 Å². The Kier molecular flexibility index (Phi) is 5.16. The Hall–Kier alpha value is -3.28. The first-order valence-corrected chi connectivity index (χ1v) is 8.61. The lowest BCUT2D eigenvalue weighted by Gasteiger charge is -2.12. The van der Waals surface area contributed by atoms with Gasteiger partial charge < -0.3 is 9.30 Å². The van der Waals surface area contributed by atoms with E-state index in [4.69, 9.17) is 4.74 Å². The smallest absolute Gasteiger partial charge is 0.358 e. The lowest BCUT2D eigenvalue weighted by atomic mass is 10.1. The molecule has 0 fully saturated rings. The van der Waals surface area contributed by atoms with E-state index in [1.165, 1.54) is 18.6 Å². The van der Waals surface area contributed by atoms with Crippen LogP contribution in [0.15, 0.2) is 42.9 Å². The van der Waals surface area contributed by atoms with Crippen molar-refractivity contribution in [3.05, 3.63) is 76.6 Å². The molecular formula is C21H21N3O3. The molecule has 138 valence electrons. The number of ketones is 1. The second-order valence-corrected chi connectivity index (χ2v) is 6.56. The maximum Gasteiger partial charge on any atom is 0.358 e. The summed E-state index contributed by atoms with van der Waals surface area (Å²) in [4.78, 5) is 32.2. The Morgan fingerprint density at radius 2 is 1.70 bits per heavy atom. The summed E-state index contributed by atoms with van der Waals surface area (Å²) >= 11 is 0. The van der Waals surface area contributed by atoms with Gasteiger partial charge in [0.05, 0.1) is 6.20 Å². The van der Waals surface area contributed by atoms with Gasteiger partial charge in [-0.25, -0.2) is 9.78 Å². The highest BCUT2D eigenvalue weighted by Gasteiger charge is 2.19. The van der Waals surface area contributed by atoms with E-state index in [0.29, 0.717) is 5.56 Å². The maximum absolute atomic E-state index is 12.6. The Morgan fingerprint density at radius 3 is 2.33 bits per heavy atom. The number of esters is 1. The molecule has 0 amide bonds. The van der Waals surface area contributed by atoms with Crippen LogP contribution in [-0.2, 0) is 4.74 Å². The molecule has 0 aliphatic rings. The standard InChI is InChI=1S/C21H21N3O3/c1-13-7-14(2)9-17(8-13)24-15(3)10-18(16(24)4)20(25)12-27-21(26)19-11-22-5-6-23-19/h5-11H,12H2,1-4H3. The normalized spacial score (nSPS) is 10.7. The molecule has 0 radical (unpaired) electrons. The summed E-state index contributed by atoms with van der Waals surface area (Å²) in [6.45, 7) is 7.59. The summed E-state index contributed by atoms with van der Waals surface area (Å²) in [7, 11) is 0. The van der Waals surface area contributed by atoms with Crippen molar-refractivity contribution < 1.29 is 14.3 Å². The van der Waals surface area contributed by atoms with Gasteiger partial charge >= 0.3 is 5.97 Å². The highest BCUT2D eigenvalue weighted by Crippen LogP contribution is 2.23. The summed E-state index contributed by atoms with van der Waals surface area (Å²) in [5.74, 6) is -0.921. The Morgan fingerprint density at radius 1 is 1.00 bits per heavy atom. The molecule has 3 rings (SSSR count). The highest BCUT2D eigenvalue weighted by atomic mass is 16.5. The van der Waals surface area contributed by atoms with Gasteiger partial charge in [-0.05, 0) is 57.0 Å². The van der Waals surface area contributed by atoms with Gasteiger partial charge in [-0.3, -0.25) is 9.78 Å². The van der Waals surface area contributed by atoms with Crippen molar-refractivity contribution in [1.29, 1.82) is 0 Å². The number of aryl methyl sites for hydroxylation is 3. The van der Waals surface area contributed by atoms with Gasteiger partial charge in [0.2, 0.25) is 5.78 Å². The van der Waals surface area contributed by atoms with E-state index in [1.807, 2.05) is 38.3 Å². The summed E-state index contributed by atoms with van der Waals surface area (Å²) in [6.07, 6.45) is 4.17. The topological polar surface area (TPSA) is 74.1 Å². The van der Waals surface area contributed by atoms with Crippen molar-refractivity contribution in [1.82, 2.24) is 14.5 Å². The van der Waals surface area contributed by atoms with E-state index in [-0.39, 0.29) is 18.1 Å². The predicted octanol–water partition coefficient (Wildman–Crippen LogP) is 3.54. The fourth-order valence-electron chi connectivity index (χ4n) is 3.21. The fraction of sp³-hybridized carbons (Fsp3) is 0.238. The molecule has 2 aromatic heterocycles. The van der Waals surface area contributed by atoms with Crippen LogP contribution in [0.1, 0.15) is 43.4 Å². The molecule has 0 saturated carbocycles. The molecule has 0 atom stereocenters. The molecule has 6 heteroatoms. The molecule has 0 unspecified atom stereocenters. The number of ether oxygens (including phenoxy) is 1. The van der Waals surface area contributed by atoms with Gasteiger partial charge in [-0.1, -0.05) is 6.07 Å². The predicted molar refractivity (Wildman–Crippen MR) is 101 cm³/mol. The molecule has 0 spiro atoms. The van der Waals surface area contributed by atoms with Crippen molar-refractivity contribution in [3.8, 4) is 5.69 Å². The van der Waals surface area contributed by atoms with Crippen molar-refractivity contribution in [2.24, 2.45) is 0 Å². The minimum absolute atomic E-state index is 0.0750. The number of hydrogen-bond donors (Lipinski definition) is 0. The summed E-state index contributed by atoms with van der Waals surface area (Å²) < 4.78 is 7.13. The van der Waals surface area contributed by atoms with Crippen molar-refractivity contribution in [2.45, 2.75) is 27.7 Å². The third-order valence-electron chi connectivity index (χ3n) is 4.30. The van der Waals surface area contributed by atoms with E-state index >= 15 is 0 Å². The molecule has 3 aromatic rings. The van der Waals surface area contributed by atoms with E-state index in [0.717, 1.165) is 28.2 Å². The number of rotatable bonds is 5. The number of carbonyl (C=O) groups is 2. The molecular weight excluding hydrogens is 342 g/mol. The van der Waals surface area contributed by atoms with Gasteiger partial charge in [-0.15, -0.1) is 0 Å². The number of aromatic nitrogens is 3. The first kappa shape index (κ1) is 18.5. The zero-order valence-corrected chi connectivity index (χ0v) is 15.8. The fourth-order valence-corrected chi connectivity index (χ4v) is 3.21. The van der Waals surface area contributed by atoms with Crippen molar-refractivity contribution in [3.63, 3.8) is 0 Å². The Balaban J connectivity index is 1.81. The van der Waals surface area contributed by atoms with Crippen molar-refractivity contribution >= 4 is 11.8 Å². The van der Waals surface area contributed by atoms with Crippen LogP contribution in [0.25, 0.3) is 5.69 Å². The largest absolute Gasteiger partial charge is 0.453 e. The van der Waals surface area contributed by atoms with Crippen LogP contribution < -0.4 is 0 Å². The average molecular weight is 363 g/mol. The lowest BCUT2D eigenvalue weighted by Crippen LogP contribution is -2.16. The van der Waals surface area contributed by atoms with Crippen LogP contribution >= 0.6 is 0 Å². The third kappa shape index (κ3) is 3.95. The second-order valence-electron chi connectivity index (χ2n) is 6.56. The van der Waals surface area contributed by atoms with Gasteiger partial charge in [0.1, 0.15) is 0 Å². The first-order valence-electron chi connectivity index (χ1n) is 8.61. The average Bonchev–Trinajstić information content (AvgIpc) is 2.93. The lowest BCUT2D eigenvalue weighted by molar-refractivity contribution is 0.0468. The Labute approximate surface area is 157 Å². The molecule has 0 N–H and O–H groups in total. The quantitative estimate of drug-likeness (QED) is 0.512. The number of Topliss-reactive ketones (excluding diaryl/α,β-unsaturated/α-hetero) is 1. The highest BCUT2D eigenvalue weighted by molar-refractivity contribution is 6.00. The molecule has 0 aliphatic carbocycles. The number of nitrogens with zero attached hydrogens (tertiary/aromatic N) is 3. The zero-order chi connectivity index (χ0) is 19.6. The first-order chi connectivity index (χ1) is 12.9. The molecule has 0 bridgehead atoms. The SMILES string of the molecule is Cc1cc(C)cc(-n2c(C)cc(C(=O)COC(=O)c3cnccn3)c2C)c1. The van der Waals surface area contributed by atoms with Crippen LogP contribution in [0, 0.1) is 27.7 Å². The maximum atomic E-state index is 12.6.